The molecule has 0 aliphatic carbocycles. The van der Waals surface area contributed by atoms with Crippen molar-refractivity contribution >= 4 is 29.2 Å². The van der Waals surface area contributed by atoms with Gasteiger partial charge in [-0.2, -0.15) is 0 Å². The second-order valence-corrected chi connectivity index (χ2v) is 5.56. The van der Waals surface area contributed by atoms with Crippen molar-refractivity contribution in [3.05, 3.63) is 59.7 Å². The van der Waals surface area contributed by atoms with E-state index in [1.807, 2.05) is 0 Å². The number of para-hydroxylation sites is 1. The summed E-state index contributed by atoms with van der Waals surface area (Å²) in [7, 11) is 1.32. The molecular formula is C20H22N2O5. The number of carbonyl (C=O) groups excluding carboxylic acids is 3. The Morgan fingerprint density at radius 1 is 0.963 bits per heavy atom. The molecular weight excluding hydrogens is 348 g/mol. The largest absolute Gasteiger partial charge is 0.465 e. The van der Waals surface area contributed by atoms with E-state index in [9.17, 15) is 14.4 Å². The lowest BCUT2D eigenvalue weighted by Crippen LogP contribution is -2.17. The van der Waals surface area contributed by atoms with Gasteiger partial charge in [-0.1, -0.05) is 12.1 Å². The van der Waals surface area contributed by atoms with Crippen LogP contribution in [0, 0.1) is 0 Å². The third-order valence-corrected chi connectivity index (χ3v) is 3.68. The Morgan fingerprint density at radius 3 is 2.33 bits per heavy atom. The van der Waals surface area contributed by atoms with Gasteiger partial charge in [0, 0.05) is 24.3 Å². The fourth-order valence-corrected chi connectivity index (χ4v) is 2.36. The van der Waals surface area contributed by atoms with E-state index in [4.69, 9.17) is 9.47 Å². The van der Waals surface area contributed by atoms with E-state index in [0.717, 1.165) is 0 Å². The summed E-state index contributed by atoms with van der Waals surface area (Å²) < 4.78 is 9.65. The summed E-state index contributed by atoms with van der Waals surface area (Å²) in [4.78, 5) is 35.4. The van der Waals surface area contributed by atoms with Crippen LogP contribution < -0.4 is 10.6 Å². The number of carbonyl (C=O) groups is 3. The molecule has 0 aliphatic rings. The second-order valence-electron chi connectivity index (χ2n) is 5.56. The molecule has 7 heteroatoms. The molecule has 2 rings (SSSR count). The molecule has 0 radical (unpaired) electrons. The first-order chi connectivity index (χ1) is 13.0. The molecule has 0 saturated heterocycles. The summed E-state index contributed by atoms with van der Waals surface area (Å²) in [6, 6.07) is 13.4. The molecule has 0 aromatic heterocycles. The van der Waals surface area contributed by atoms with Crippen LogP contribution in [0.4, 0.5) is 11.4 Å². The van der Waals surface area contributed by atoms with Crippen molar-refractivity contribution in [1.29, 1.82) is 0 Å². The number of anilines is 2. The maximum atomic E-state index is 12.1. The van der Waals surface area contributed by atoms with Crippen molar-refractivity contribution in [2.45, 2.75) is 13.3 Å². The van der Waals surface area contributed by atoms with Gasteiger partial charge in [0.1, 0.15) is 0 Å². The van der Waals surface area contributed by atoms with E-state index >= 15 is 0 Å². The Hall–Kier alpha value is -3.35. The topological polar surface area (TPSA) is 93.7 Å². The van der Waals surface area contributed by atoms with Gasteiger partial charge in [0.2, 0.25) is 5.91 Å². The zero-order valence-electron chi connectivity index (χ0n) is 15.3. The second kappa shape index (κ2) is 9.96. The van der Waals surface area contributed by atoms with Crippen LogP contribution >= 0.6 is 0 Å². The third-order valence-electron chi connectivity index (χ3n) is 3.68. The fourth-order valence-electron chi connectivity index (χ4n) is 2.36. The first-order valence-electron chi connectivity index (χ1n) is 8.53. The van der Waals surface area contributed by atoms with Gasteiger partial charge in [0.15, 0.2) is 0 Å². The van der Waals surface area contributed by atoms with Crippen molar-refractivity contribution in [1.82, 2.24) is 0 Å². The molecule has 0 saturated carbocycles. The molecule has 0 unspecified atom stereocenters. The van der Waals surface area contributed by atoms with Crippen LogP contribution in [0.5, 0.6) is 0 Å². The first kappa shape index (κ1) is 20.0. The molecule has 2 aromatic carbocycles. The summed E-state index contributed by atoms with van der Waals surface area (Å²) in [5, 5.41) is 5.81. The highest BCUT2D eigenvalue weighted by molar-refractivity contribution is 5.96. The van der Waals surface area contributed by atoms with Crippen molar-refractivity contribution in [2.24, 2.45) is 0 Å². The number of ether oxygens (including phenoxy) is 2. The molecule has 0 bridgehead atoms. The minimum atomic E-state index is -0.441. The number of hydrogen-bond acceptors (Lipinski definition) is 6. The molecule has 0 atom stereocenters. The normalized spacial score (nSPS) is 10.0. The maximum Gasteiger partial charge on any atom is 0.339 e. The van der Waals surface area contributed by atoms with E-state index in [2.05, 4.69) is 10.6 Å². The molecule has 0 heterocycles. The number of rotatable bonds is 8. The highest BCUT2D eigenvalue weighted by Gasteiger charge is 2.11. The third kappa shape index (κ3) is 5.85. The fraction of sp³-hybridized carbons (Fsp3) is 0.250. The highest BCUT2D eigenvalue weighted by Crippen LogP contribution is 2.16. The maximum absolute atomic E-state index is 12.1. The number of methoxy groups -OCH3 is 1. The Kier molecular flexibility index (Phi) is 7.37. The van der Waals surface area contributed by atoms with E-state index < -0.39 is 11.9 Å². The van der Waals surface area contributed by atoms with Crippen LogP contribution in [0.3, 0.4) is 0 Å². The molecule has 2 aromatic rings. The summed E-state index contributed by atoms with van der Waals surface area (Å²) in [6.07, 6.45) is 0.204. The predicted octanol–water partition coefficient (Wildman–Crippen LogP) is 3.09. The van der Waals surface area contributed by atoms with Crippen LogP contribution in [-0.4, -0.2) is 38.1 Å². The first-order valence-corrected chi connectivity index (χ1v) is 8.53. The summed E-state index contributed by atoms with van der Waals surface area (Å²) in [5.41, 5.74) is 2.03. The standard InChI is InChI=1S/C20H22N2O5/c1-3-27-19(24)14-8-10-15(11-9-14)22-18(23)12-13-21-17-7-5-4-6-16(17)20(25)26-2/h4-11,21H,3,12-13H2,1-2H3,(H,22,23). The van der Waals surface area contributed by atoms with Gasteiger partial charge in [0.05, 0.1) is 24.8 Å². The van der Waals surface area contributed by atoms with Crippen LogP contribution in [0.25, 0.3) is 0 Å². The lowest BCUT2D eigenvalue weighted by molar-refractivity contribution is -0.115. The van der Waals surface area contributed by atoms with Crippen LogP contribution in [0.15, 0.2) is 48.5 Å². The quantitative estimate of drug-likeness (QED) is 0.694. The number of nitrogens with one attached hydrogen (secondary N) is 2. The molecule has 1 amide bonds. The van der Waals surface area contributed by atoms with Crippen LogP contribution in [0.2, 0.25) is 0 Å². The van der Waals surface area contributed by atoms with E-state index in [1.54, 1.807) is 55.5 Å². The minimum absolute atomic E-state index is 0.193. The lowest BCUT2D eigenvalue weighted by Gasteiger charge is -2.11. The number of hydrogen-bond donors (Lipinski definition) is 2. The van der Waals surface area contributed by atoms with Crippen molar-refractivity contribution in [2.75, 3.05) is 30.9 Å². The molecule has 142 valence electrons. The number of benzene rings is 2. The molecule has 0 fully saturated rings. The van der Waals surface area contributed by atoms with E-state index in [-0.39, 0.29) is 12.3 Å². The van der Waals surface area contributed by atoms with Crippen molar-refractivity contribution < 1.29 is 23.9 Å². The number of amides is 1. The molecule has 27 heavy (non-hydrogen) atoms. The zero-order chi connectivity index (χ0) is 19.6. The summed E-state index contributed by atoms with van der Waals surface area (Å²) >= 11 is 0. The Labute approximate surface area is 157 Å². The Balaban J connectivity index is 1.85. The van der Waals surface area contributed by atoms with Crippen molar-refractivity contribution in [3.8, 4) is 0 Å². The SMILES string of the molecule is CCOC(=O)c1ccc(NC(=O)CCNc2ccccc2C(=O)OC)cc1. The van der Waals surface area contributed by atoms with E-state index in [0.29, 0.717) is 35.7 Å². The summed E-state index contributed by atoms with van der Waals surface area (Å²) in [5.74, 6) is -1.03. The van der Waals surface area contributed by atoms with Gasteiger partial charge >= 0.3 is 11.9 Å². The Morgan fingerprint density at radius 2 is 1.67 bits per heavy atom. The summed E-state index contributed by atoms with van der Waals surface area (Å²) in [6.45, 7) is 2.40. The molecule has 0 spiro atoms. The smallest absolute Gasteiger partial charge is 0.339 e. The minimum Gasteiger partial charge on any atom is -0.465 e. The lowest BCUT2D eigenvalue weighted by atomic mass is 10.1. The van der Waals surface area contributed by atoms with Crippen molar-refractivity contribution in [3.63, 3.8) is 0 Å². The number of esters is 2. The van der Waals surface area contributed by atoms with Gasteiger partial charge in [-0.25, -0.2) is 9.59 Å². The predicted molar refractivity (Wildman–Crippen MR) is 102 cm³/mol. The van der Waals surface area contributed by atoms with Crippen LogP contribution in [-0.2, 0) is 14.3 Å². The van der Waals surface area contributed by atoms with Crippen LogP contribution in [0.1, 0.15) is 34.1 Å². The molecule has 7 nitrogen and oxygen atoms in total. The van der Waals surface area contributed by atoms with Gasteiger partial charge in [-0.05, 0) is 43.3 Å². The van der Waals surface area contributed by atoms with Gasteiger partial charge in [-0.15, -0.1) is 0 Å². The van der Waals surface area contributed by atoms with Gasteiger partial charge in [-0.3, -0.25) is 4.79 Å². The molecule has 2 N–H and O–H groups in total. The average molecular weight is 370 g/mol. The average Bonchev–Trinajstić information content (AvgIpc) is 2.68. The Bertz CT molecular complexity index is 802. The zero-order valence-corrected chi connectivity index (χ0v) is 15.3. The highest BCUT2D eigenvalue weighted by atomic mass is 16.5. The van der Waals surface area contributed by atoms with Gasteiger partial charge < -0.3 is 20.1 Å². The van der Waals surface area contributed by atoms with Gasteiger partial charge in [0.25, 0.3) is 0 Å². The monoisotopic (exact) mass is 370 g/mol. The molecule has 0 aliphatic heterocycles. The van der Waals surface area contributed by atoms with E-state index in [1.165, 1.54) is 7.11 Å².